The Bertz CT molecular complexity index is 87.1. The fraction of sp³-hybridized carbons (Fsp3) is 1.00. The summed E-state index contributed by atoms with van der Waals surface area (Å²) in [6, 6.07) is 0. The molecule has 0 aromatic heterocycles. The van der Waals surface area contributed by atoms with Crippen molar-refractivity contribution in [1.29, 1.82) is 0 Å². The van der Waals surface area contributed by atoms with Gasteiger partial charge in [-0.05, 0) is 12.8 Å². The van der Waals surface area contributed by atoms with E-state index in [1.165, 1.54) is 0 Å². The molecule has 0 bridgehead atoms. The number of β-amino-alcohol motifs (C(OH)–C–C–N with tert-alkyl or cyclic N) is 1. The van der Waals surface area contributed by atoms with Gasteiger partial charge in [-0.1, -0.05) is 0 Å². The summed E-state index contributed by atoms with van der Waals surface area (Å²) in [4.78, 5) is 1.73. The third-order valence-electron chi connectivity index (χ3n) is 1.66. The van der Waals surface area contributed by atoms with E-state index in [4.69, 9.17) is 5.11 Å². The summed E-state index contributed by atoms with van der Waals surface area (Å²) in [6.07, 6.45) is 1.56. The third kappa shape index (κ3) is 1.93. The average Bonchev–Trinajstić information content (AvgIpc) is 1.88. The third-order valence-corrected chi connectivity index (χ3v) is 1.66. The average molecular weight is 130 g/mol. The highest BCUT2D eigenvalue weighted by molar-refractivity contribution is 4.68. The summed E-state index contributed by atoms with van der Waals surface area (Å²) in [5.41, 5.74) is 0. The van der Waals surface area contributed by atoms with E-state index in [9.17, 15) is 5.11 Å². The summed E-state index contributed by atoms with van der Waals surface area (Å²) in [5, 5.41) is 19.3. The second-order valence-corrected chi connectivity index (χ2v) is 2.50. The lowest BCUT2D eigenvalue weighted by atomic mass is 10.1. The highest BCUT2D eigenvalue weighted by Gasteiger charge is 2.16. The summed E-state index contributed by atoms with van der Waals surface area (Å²) < 4.78 is 0. The first-order valence-electron chi connectivity index (χ1n) is 3.31. The molecule has 3 heteroatoms. The van der Waals surface area contributed by atoms with Crippen LogP contribution in [0.5, 0.6) is 0 Å². The van der Waals surface area contributed by atoms with Crippen LogP contribution in [0.4, 0.5) is 0 Å². The molecule has 0 aromatic rings. The van der Waals surface area contributed by atoms with Crippen molar-refractivity contribution in [2.75, 3.05) is 19.8 Å². The van der Waals surface area contributed by atoms with Gasteiger partial charge in [-0.25, -0.2) is 5.11 Å². The van der Waals surface area contributed by atoms with Crippen LogP contribution in [0.1, 0.15) is 12.8 Å². The zero-order chi connectivity index (χ0) is 6.69. The molecule has 0 amide bonds. The zero-order valence-electron chi connectivity index (χ0n) is 5.42. The molecule has 1 heterocycles. The molecule has 0 saturated carbocycles. The number of likely N-dealkylation sites (tertiary alicyclic amines) is 1. The highest BCUT2D eigenvalue weighted by Crippen LogP contribution is 2.07. The monoisotopic (exact) mass is 130 g/mol. The number of hydrogen-bond donors (Lipinski definition) is 1. The van der Waals surface area contributed by atoms with Gasteiger partial charge in [0.2, 0.25) is 0 Å². The maximum Gasteiger partial charge on any atom is 0.135 e. The normalized spacial score (nSPS) is 30.7. The van der Waals surface area contributed by atoms with Gasteiger partial charge >= 0.3 is 0 Å². The molecule has 9 heavy (non-hydrogen) atoms. The zero-order valence-corrected chi connectivity index (χ0v) is 5.42. The summed E-state index contributed by atoms with van der Waals surface area (Å²) in [7, 11) is 0. The molecule has 0 aromatic carbocycles. The van der Waals surface area contributed by atoms with Gasteiger partial charge in [0, 0.05) is 13.1 Å². The fourth-order valence-corrected chi connectivity index (χ4v) is 1.15. The van der Waals surface area contributed by atoms with E-state index >= 15 is 0 Å². The van der Waals surface area contributed by atoms with Crippen molar-refractivity contribution in [3.8, 4) is 0 Å². The molecule has 1 rings (SSSR count). The number of hydrogen-bond acceptors (Lipinski definition) is 2. The fourth-order valence-electron chi connectivity index (χ4n) is 1.15. The molecule has 1 aliphatic heterocycles. The minimum atomic E-state index is -0.257. The molecular weight excluding hydrogens is 118 g/mol. The molecule has 1 fully saturated rings. The molecular formula is C6H12NO2. The Balaban J connectivity index is 2.23. The summed E-state index contributed by atoms with van der Waals surface area (Å²) >= 11 is 0. The van der Waals surface area contributed by atoms with Crippen molar-refractivity contribution in [2.45, 2.75) is 18.9 Å². The number of aliphatic hydroxyl groups excluding tert-OH is 1. The Hall–Kier alpha value is -0.120. The molecule has 1 unspecified atom stereocenters. The van der Waals surface area contributed by atoms with Crippen LogP contribution in [0.15, 0.2) is 0 Å². The van der Waals surface area contributed by atoms with E-state index in [1.54, 1.807) is 4.90 Å². The number of nitrogens with zero attached hydrogens (tertiary/aromatic N) is 1. The molecule has 0 aliphatic carbocycles. The van der Waals surface area contributed by atoms with Crippen LogP contribution in [0, 0.1) is 0 Å². The topological polar surface area (TPSA) is 43.4 Å². The lowest BCUT2D eigenvalue weighted by molar-refractivity contribution is -0.00669. The van der Waals surface area contributed by atoms with E-state index in [0.717, 1.165) is 19.4 Å². The Kier molecular flexibility index (Phi) is 2.45. The van der Waals surface area contributed by atoms with Crippen LogP contribution >= 0.6 is 0 Å². The van der Waals surface area contributed by atoms with Crippen molar-refractivity contribution >= 4 is 0 Å². The maximum absolute atomic E-state index is 10.2. The highest BCUT2D eigenvalue weighted by atomic mass is 16.3. The first kappa shape index (κ1) is 6.99. The Labute approximate surface area is 54.9 Å². The van der Waals surface area contributed by atoms with Crippen LogP contribution < -0.4 is 0 Å². The quantitative estimate of drug-likeness (QED) is 0.535. The molecule has 3 nitrogen and oxygen atoms in total. The molecule has 53 valence electrons. The van der Waals surface area contributed by atoms with Gasteiger partial charge in [0.1, 0.15) is 6.73 Å². The molecule has 0 spiro atoms. The predicted molar refractivity (Wildman–Crippen MR) is 32.4 cm³/mol. The van der Waals surface area contributed by atoms with E-state index < -0.39 is 0 Å². The van der Waals surface area contributed by atoms with Crippen molar-refractivity contribution in [3.63, 3.8) is 0 Å². The van der Waals surface area contributed by atoms with Crippen molar-refractivity contribution in [2.24, 2.45) is 0 Å². The lowest BCUT2D eigenvalue weighted by Gasteiger charge is -2.26. The summed E-state index contributed by atoms with van der Waals surface area (Å²) in [5.74, 6) is 0. The standard InChI is InChI=1S/C6H12NO2/c8-5-7-3-1-2-6(9)4-7/h6,9H,1-5H2. The largest absolute Gasteiger partial charge is 0.392 e. The van der Waals surface area contributed by atoms with Gasteiger partial charge in [-0.3, -0.25) is 4.90 Å². The molecule has 1 atom stereocenters. The lowest BCUT2D eigenvalue weighted by Crippen LogP contribution is -2.38. The van der Waals surface area contributed by atoms with Crippen LogP contribution in [0.25, 0.3) is 0 Å². The van der Waals surface area contributed by atoms with Crippen LogP contribution in [0.2, 0.25) is 0 Å². The van der Waals surface area contributed by atoms with Gasteiger partial charge in [-0.2, -0.15) is 0 Å². The number of rotatable bonds is 1. The smallest absolute Gasteiger partial charge is 0.135 e. The van der Waals surface area contributed by atoms with E-state index in [1.807, 2.05) is 0 Å². The van der Waals surface area contributed by atoms with Crippen LogP contribution in [-0.4, -0.2) is 35.9 Å². The first-order chi connectivity index (χ1) is 4.33. The van der Waals surface area contributed by atoms with Gasteiger partial charge < -0.3 is 5.11 Å². The molecule has 1 aliphatic rings. The second-order valence-electron chi connectivity index (χ2n) is 2.50. The minimum absolute atomic E-state index is 0.170. The number of piperidine rings is 1. The second kappa shape index (κ2) is 3.15. The Morgan fingerprint density at radius 2 is 2.44 bits per heavy atom. The predicted octanol–water partition coefficient (Wildman–Crippen LogP) is -0.169. The molecule has 1 N–H and O–H groups in total. The van der Waals surface area contributed by atoms with Gasteiger partial charge in [0.25, 0.3) is 0 Å². The van der Waals surface area contributed by atoms with Crippen molar-refractivity contribution < 1.29 is 10.2 Å². The van der Waals surface area contributed by atoms with Crippen molar-refractivity contribution in [1.82, 2.24) is 4.90 Å². The minimum Gasteiger partial charge on any atom is -0.392 e. The number of aliphatic hydroxyl groups is 1. The van der Waals surface area contributed by atoms with Crippen molar-refractivity contribution in [3.05, 3.63) is 0 Å². The molecule has 1 radical (unpaired) electrons. The van der Waals surface area contributed by atoms with Gasteiger partial charge in [0.05, 0.1) is 6.10 Å². The SMILES string of the molecule is [O]CN1CCCC(O)C1. The molecule has 1 saturated heterocycles. The van der Waals surface area contributed by atoms with Gasteiger partial charge in [-0.15, -0.1) is 0 Å². The van der Waals surface area contributed by atoms with Crippen LogP contribution in [-0.2, 0) is 5.11 Å². The van der Waals surface area contributed by atoms with E-state index in [-0.39, 0.29) is 12.8 Å². The van der Waals surface area contributed by atoms with Gasteiger partial charge in [0.15, 0.2) is 0 Å². The van der Waals surface area contributed by atoms with Crippen LogP contribution in [0.3, 0.4) is 0 Å². The maximum atomic E-state index is 10.2. The Morgan fingerprint density at radius 1 is 1.67 bits per heavy atom. The Morgan fingerprint density at radius 3 is 2.89 bits per heavy atom. The van der Waals surface area contributed by atoms with E-state index in [2.05, 4.69) is 0 Å². The first-order valence-corrected chi connectivity index (χ1v) is 3.31. The summed E-state index contributed by atoms with van der Waals surface area (Å²) in [6.45, 7) is 1.27. The van der Waals surface area contributed by atoms with E-state index in [0.29, 0.717) is 6.54 Å².